The first kappa shape index (κ1) is 14.0. The van der Waals surface area contributed by atoms with Gasteiger partial charge < -0.3 is 11.1 Å². The van der Waals surface area contributed by atoms with E-state index in [0.29, 0.717) is 25.0 Å². The average molecular weight is 237 g/mol. The van der Waals surface area contributed by atoms with Gasteiger partial charge in [0.25, 0.3) is 0 Å². The Balaban J connectivity index is 2.56. The van der Waals surface area contributed by atoms with Crippen molar-refractivity contribution < 1.29 is 4.79 Å². The third kappa shape index (κ3) is 3.72. The van der Waals surface area contributed by atoms with E-state index in [2.05, 4.69) is 23.1 Å². The highest BCUT2D eigenvalue weighted by atomic mass is 16.2. The molecule has 0 aromatic rings. The van der Waals surface area contributed by atoms with Gasteiger partial charge in [0, 0.05) is 12.6 Å². The molecule has 3 N–H and O–H groups in total. The van der Waals surface area contributed by atoms with Gasteiger partial charge >= 0.3 is 0 Å². The Kier molecular flexibility index (Phi) is 5.46. The number of hydrogen-bond acceptors (Lipinski definition) is 3. The number of piperidine rings is 1. The van der Waals surface area contributed by atoms with E-state index in [-0.39, 0.29) is 11.9 Å². The van der Waals surface area contributed by atoms with Crippen molar-refractivity contribution in [1.29, 1.82) is 0 Å². The van der Waals surface area contributed by atoms with Crippen LogP contribution in [0.2, 0.25) is 0 Å². The van der Waals surface area contributed by atoms with Crippen LogP contribution in [0.4, 0.5) is 0 Å². The van der Waals surface area contributed by atoms with Crippen LogP contribution in [0.1, 0.15) is 26.7 Å². The molecular formula is C13H23N3O. The van der Waals surface area contributed by atoms with E-state index in [0.717, 1.165) is 19.4 Å². The van der Waals surface area contributed by atoms with Gasteiger partial charge in [-0.3, -0.25) is 9.69 Å². The Morgan fingerprint density at radius 1 is 1.65 bits per heavy atom. The monoisotopic (exact) mass is 237 g/mol. The highest BCUT2D eigenvalue weighted by molar-refractivity contribution is 5.81. The van der Waals surface area contributed by atoms with Crippen LogP contribution < -0.4 is 11.1 Å². The molecule has 0 aromatic heterocycles. The summed E-state index contributed by atoms with van der Waals surface area (Å²) >= 11 is 0. The molecule has 1 heterocycles. The maximum atomic E-state index is 11.9. The van der Waals surface area contributed by atoms with Gasteiger partial charge in [-0.2, -0.15) is 0 Å². The maximum Gasteiger partial charge on any atom is 0.237 e. The zero-order chi connectivity index (χ0) is 12.8. The Morgan fingerprint density at radius 2 is 2.35 bits per heavy atom. The number of nitrogens with two attached hydrogens (primary N) is 1. The second kappa shape index (κ2) is 6.63. The first-order valence-corrected chi connectivity index (χ1v) is 6.27. The zero-order valence-corrected chi connectivity index (χ0v) is 10.8. The third-order valence-electron chi connectivity index (χ3n) is 3.60. The Morgan fingerprint density at radius 3 is 2.94 bits per heavy atom. The summed E-state index contributed by atoms with van der Waals surface area (Å²) in [7, 11) is 0. The van der Waals surface area contributed by atoms with Crippen molar-refractivity contribution in [2.24, 2.45) is 11.7 Å². The Bertz CT molecular complexity index is 298. The van der Waals surface area contributed by atoms with Gasteiger partial charge in [-0.05, 0) is 39.2 Å². The number of carbonyl (C=O) groups is 1. The standard InChI is InChI=1S/C13H23N3O/c1-4-7-15-13(17)11(3)16-9-12(8-14)6-5-10(16)2/h1,10-12H,5-9,14H2,2-3H3,(H,15,17). The SMILES string of the molecule is C#CCNC(=O)C(C)N1CC(CN)CCC1C. The molecule has 1 saturated heterocycles. The highest BCUT2D eigenvalue weighted by Gasteiger charge is 2.31. The smallest absolute Gasteiger partial charge is 0.237 e. The fourth-order valence-electron chi connectivity index (χ4n) is 2.38. The number of hydrogen-bond donors (Lipinski definition) is 2. The number of nitrogens with one attached hydrogen (secondary N) is 1. The molecule has 96 valence electrons. The van der Waals surface area contributed by atoms with Crippen molar-refractivity contribution in [3.05, 3.63) is 0 Å². The van der Waals surface area contributed by atoms with Crippen molar-refractivity contribution >= 4 is 5.91 Å². The van der Waals surface area contributed by atoms with Crippen molar-refractivity contribution in [1.82, 2.24) is 10.2 Å². The lowest BCUT2D eigenvalue weighted by molar-refractivity contribution is -0.127. The second-order valence-corrected chi connectivity index (χ2v) is 4.82. The van der Waals surface area contributed by atoms with Crippen molar-refractivity contribution in [3.8, 4) is 12.3 Å². The van der Waals surface area contributed by atoms with Crippen LogP contribution in [0, 0.1) is 18.3 Å². The largest absolute Gasteiger partial charge is 0.344 e. The molecule has 4 heteroatoms. The summed E-state index contributed by atoms with van der Waals surface area (Å²) in [6, 6.07) is 0.303. The molecule has 1 fully saturated rings. The number of nitrogens with zero attached hydrogens (tertiary/aromatic N) is 1. The molecule has 0 saturated carbocycles. The van der Waals surface area contributed by atoms with E-state index < -0.39 is 0 Å². The quantitative estimate of drug-likeness (QED) is 0.686. The van der Waals surface area contributed by atoms with Crippen LogP contribution in [-0.2, 0) is 4.79 Å². The second-order valence-electron chi connectivity index (χ2n) is 4.82. The predicted octanol–water partition coefficient (Wildman–Crippen LogP) is 0.184. The molecule has 1 amide bonds. The van der Waals surface area contributed by atoms with Crippen LogP contribution in [0.25, 0.3) is 0 Å². The summed E-state index contributed by atoms with van der Waals surface area (Å²) < 4.78 is 0. The molecule has 4 nitrogen and oxygen atoms in total. The first-order chi connectivity index (χ1) is 8.10. The van der Waals surface area contributed by atoms with Crippen molar-refractivity contribution in [2.45, 2.75) is 38.8 Å². The number of likely N-dealkylation sites (tertiary alicyclic amines) is 1. The van der Waals surface area contributed by atoms with E-state index >= 15 is 0 Å². The molecular weight excluding hydrogens is 214 g/mol. The van der Waals surface area contributed by atoms with Gasteiger partial charge in [-0.15, -0.1) is 6.42 Å². The predicted molar refractivity (Wildman–Crippen MR) is 69.3 cm³/mol. The van der Waals surface area contributed by atoms with Crippen LogP contribution >= 0.6 is 0 Å². The van der Waals surface area contributed by atoms with Gasteiger partial charge in [-0.1, -0.05) is 5.92 Å². The Hall–Kier alpha value is -1.05. The van der Waals surface area contributed by atoms with E-state index in [9.17, 15) is 4.79 Å². The van der Waals surface area contributed by atoms with Crippen LogP contribution in [0.5, 0.6) is 0 Å². The third-order valence-corrected chi connectivity index (χ3v) is 3.60. The van der Waals surface area contributed by atoms with Gasteiger partial charge in [0.15, 0.2) is 0 Å². The summed E-state index contributed by atoms with van der Waals surface area (Å²) in [4.78, 5) is 14.1. The molecule has 17 heavy (non-hydrogen) atoms. The fraction of sp³-hybridized carbons (Fsp3) is 0.769. The molecule has 3 unspecified atom stereocenters. The molecule has 0 radical (unpaired) electrons. The van der Waals surface area contributed by atoms with Crippen LogP contribution in [-0.4, -0.2) is 42.5 Å². The van der Waals surface area contributed by atoms with Gasteiger partial charge in [-0.25, -0.2) is 0 Å². The number of carbonyl (C=O) groups excluding carboxylic acids is 1. The van der Waals surface area contributed by atoms with Gasteiger partial charge in [0.2, 0.25) is 5.91 Å². The molecule has 0 aromatic carbocycles. The van der Waals surface area contributed by atoms with E-state index in [1.54, 1.807) is 0 Å². The minimum absolute atomic E-state index is 0.00692. The van der Waals surface area contributed by atoms with E-state index in [1.807, 2.05) is 6.92 Å². The maximum absolute atomic E-state index is 11.9. The molecule has 1 aliphatic heterocycles. The molecule has 0 spiro atoms. The minimum Gasteiger partial charge on any atom is -0.344 e. The van der Waals surface area contributed by atoms with Crippen LogP contribution in [0.3, 0.4) is 0 Å². The summed E-state index contributed by atoms with van der Waals surface area (Å²) in [5.41, 5.74) is 5.71. The summed E-state index contributed by atoms with van der Waals surface area (Å²) in [6.45, 7) is 5.99. The lowest BCUT2D eigenvalue weighted by Gasteiger charge is -2.40. The van der Waals surface area contributed by atoms with Gasteiger partial charge in [0.1, 0.15) is 0 Å². The first-order valence-electron chi connectivity index (χ1n) is 6.27. The zero-order valence-electron chi connectivity index (χ0n) is 10.8. The van der Waals surface area contributed by atoms with Crippen LogP contribution in [0.15, 0.2) is 0 Å². The normalized spacial score (nSPS) is 27.2. The lowest BCUT2D eigenvalue weighted by atomic mass is 9.92. The molecule has 1 aliphatic rings. The average Bonchev–Trinajstić information content (AvgIpc) is 2.35. The Labute approximate surface area is 104 Å². The molecule has 1 rings (SSSR count). The molecule has 0 aliphatic carbocycles. The fourth-order valence-corrected chi connectivity index (χ4v) is 2.38. The number of terminal acetylenes is 1. The van der Waals surface area contributed by atoms with Crippen molar-refractivity contribution in [3.63, 3.8) is 0 Å². The molecule has 0 bridgehead atoms. The highest BCUT2D eigenvalue weighted by Crippen LogP contribution is 2.23. The van der Waals surface area contributed by atoms with E-state index in [4.69, 9.17) is 12.2 Å². The summed E-state index contributed by atoms with van der Waals surface area (Å²) in [5, 5.41) is 2.73. The number of rotatable bonds is 4. The summed E-state index contributed by atoms with van der Waals surface area (Å²) in [5.74, 6) is 2.93. The van der Waals surface area contributed by atoms with Crippen molar-refractivity contribution in [2.75, 3.05) is 19.6 Å². The summed E-state index contributed by atoms with van der Waals surface area (Å²) in [6.07, 6.45) is 7.40. The lowest BCUT2D eigenvalue weighted by Crippen LogP contribution is -2.53. The minimum atomic E-state index is -0.132. The number of amides is 1. The topological polar surface area (TPSA) is 58.4 Å². The van der Waals surface area contributed by atoms with E-state index in [1.165, 1.54) is 0 Å². The van der Waals surface area contributed by atoms with Gasteiger partial charge in [0.05, 0.1) is 12.6 Å². The molecule has 3 atom stereocenters.